The Hall–Kier alpha value is -0.130. The minimum Gasteiger partial charge on any atom is -0.393 e. The van der Waals surface area contributed by atoms with E-state index in [4.69, 9.17) is 0 Å². The molecule has 0 aromatic carbocycles. The zero-order chi connectivity index (χ0) is 16.8. The summed E-state index contributed by atoms with van der Waals surface area (Å²) in [6, 6.07) is 0. The second-order valence-corrected chi connectivity index (χ2v) is 8.12. The molecule has 0 saturated heterocycles. The van der Waals surface area contributed by atoms with Crippen molar-refractivity contribution >= 4 is 10.1 Å². The molecule has 0 fully saturated rings. The third-order valence-electron chi connectivity index (χ3n) is 4.26. The lowest BCUT2D eigenvalue weighted by Crippen LogP contribution is -2.22. The zero-order valence-corrected chi connectivity index (χ0v) is 15.3. The van der Waals surface area contributed by atoms with E-state index in [1.165, 1.54) is 19.3 Å². The van der Waals surface area contributed by atoms with Gasteiger partial charge in [-0.3, -0.25) is 4.55 Å². The highest BCUT2D eigenvalue weighted by Crippen LogP contribution is 2.19. The maximum absolute atomic E-state index is 11.4. The highest BCUT2D eigenvalue weighted by Gasteiger charge is 2.23. The molecule has 0 saturated carbocycles. The molecule has 22 heavy (non-hydrogen) atoms. The van der Waals surface area contributed by atoms with E-state index in [9.17, 15) is 18.1 Å². The van der Waals surface area contributed by atoms with Crippen LogP contribution in [0.25, 0.3) is 0 Å². The Morgan fingerprint density at radius 1 is 0.727 bits per heavy atom. The van der Waals surface area contributed by atoms with Crippen LogP contribution in [0, 0.1) is 0 Å². The normalized spacial score (nSPS) is 14.9. The molecule has 0 heterocycles. The predicted molar refractivity (Wildman–Crippen MR) is 92.7 cm³/mol. The highest BCUT2D eigenvalue weighted by atomic mass is 32.2. The molecule has 0 bridgehead atoms. The molecule has 0 radical (unpaired) electrons. The molecular weight excluding hydrogens is 300 g/mol. The summed E-state index contributed by atoms with van der Waals surface area (Å²) in [5, 5.41) is 9.17. The van der Waals surface area contributed by atoms with Gasteiger partial charge < -0.3 is 5.11 Å². The predicted octanol–water partition coefficient (Wildman–Crippen LogP) is 4.71. The van der Waals surface area contributed by atoms with Crippen molar-refractivity contribution in [2.45, 2.75) is 109 Å². The molecule has 2 N–H and O–H groups in total. The molecule has 0 rings (SSSR count). The van der Waals surface area contributed by atoms with Crippen LogP contribution in [0.3, 0.4) is 0 Å². The number of hydrogen-bond donors (Lipinski definition) is 2. The first kappa shape index (κ1) is 21.9. The summed E-state index contributed by atoms with van der Waals surface area (Å²) >= 11 is 0. The molecule has 0 aliphatic carbocycles. The lowest BCUT2D eigenvalue weighted by atomic mass is 10.0. The van der Waals surface area contributed by atoms with Crippen LogP contribution < -0.4 is 0 Å². The first-order chi connectivity index (χ1) is 10.4. The molecule has 5 heteroatoms. The van der Waals surface area contributed by atoms with Crippen LogP contribution in [0.1, 0.15) is 97.3 Å². The lowest BCUT2D eigenvalue weighted by Gasteiger charge is -2.16. The first-order valence-corrected chi connectivity index (χ1v) is 10.6. The Labute approximate surface area is 137 Å². The monoisotopic (exact) mass is 336 g/mol. The Bertz CT molecular complexity index is 341. The van der Waals surface area contributed by atoms with E-state index < -0.39 is 21.5 Å². The number of rotatable bonds is 15. The van der Waals surface area contributed by atoms with Gasteiger partial charge in [0, 0.05) is 0 Å². The van der Waals surface area contributed by atoms with Gasteiger partial charge in [-0.25, -0.2) is 0 Å². The number of unbranched alkanes of at least 4 members (excludes halogenated alkanes) is 7. The van der Waals surface area contributed by atoms with Crippen LogP contribution in [0.2, 0.25) is 0 Å². The van der Waals surface area contributed by atoms with E-state index >= 15 is 0 Å². The Balaban J connectivity index is 3.99. The smallest absolute Gasteiger partial charge is 0.267 e. The summed E-state index contributed by atoms with van der Waals surface area (Å²) in [4.78, 5) is 0. The quantitative estimate of drug-likeness (QED) is 0.335. The maximum atomic E-state index is 11.4. The summed E-state index contributed by atoms with van der Waals surface area (Å²) in [5.74, 6) is 0. The van der Waals surface area contributed by atoms with Gasteiger partial charge in [-0.1, -0.05) is 71.6 Å². The first-order valence-electron chi connectivity index (χ1n) is 9.06. The van der Waals surface area contributed by atoms with Gasteiger partial charge >= 0.3 is 0 Å². The van der Waals surface area contributed by atoms with Crippen molar-refractivity contribution in [2.75, 3.05) is 0 Å². The van der Waals surface area contributed by atoms with Crippen molar-refractivity contribution in [1.82, 2.24) is 0 Å². The van der Waals surface area contributed by atoms with E-state index in [2.05, 4.69) is 13.8 Å². The van der Waals surface area contributed by atoms with Crippen LogP contribution in [-0.4, -0.2) is 29.4 Å². The van der Waals surface area contributed by atoms with Crippen molar-refractivity contribution in [2.24, 2.45) is 0 Å². The average Bonchev–Trinajstić information content (AvgIpc) is 2.44. The maximum Gasteiger partial charge on any atom is 0.267 e. The van der Waals surface area contributed by atoms with Crippen molar-refractivity contribution in [3.8, 4) is 0 Å². The molecule has 0 aromatic heterocycles. The molecule has 0 aliphatic heterocycles. The lowest BCUT2D eigenvalue weighted by molar-refractivity contribution is 0.147. The van der Waals surface area contributed by atoms with Gasteiger partial charge in [0.05, 0.1) is 11.4 Å². The van der Waals surface area contributed by atoms with Gasteiger partial charge in [-0.05, 0) is 25.7 Å². The molecule has 0 amide bonds. The zero-order valence-electron chi connectivity index (χ0n) is 14.5. The van der Waals surface area contributed by atoms with Gasteiger partial charge in [0.1, 0.15) is 0 Å². The topological polar surface area (TPSA) is 74.6 Å². The van der Waals surface area contributed by atoms with Crippen molar-refractivity contribution in [1.29, 1.82) is 0 Å². The van der Waals surface area contributed by atoms with E-state index in [0.717, 1.165) is 44.9 Å². The summed E-state index contributed by atoms with van der Waals surface area (Å²) < 4.78 is 32.2. The summed E-state index contributed by atoms with van der Waals surface area (Å²) in [6.07, 6.45) is 11.4. The Kier molecular flexibility index (Phi) is 13.2. The molecule has 0 spiro atoms. The average molecular weight is 337 g/mol. The molecule has 2 atom stereocenters. The second kappa shape index (κ2) is 13.3. The fourth-order valence-electron chi connectivity index (χ4n) is 2.75. The van der Waals surface area contributed by atoms with Gasteiger partial charge in [0.15, 0.2) is 0 Å². The summed E-state index contributed by atoms with van der Waals surface area (Å²) in [7, 11) is -3.99. The summed E-state index contributed by atoms with van der Waals surface area (Å²) in [5.41, 5.74) is 0. The highest BCUT2D eigenvalue weighted by molar-refractivity contribution is 7.86. The SMILES string of the molecule is CCCCCCCCC(CCC(O)CCCCC)S(=O)(=O)O. The molecule has 134 valence electrons. The number of aliphatic hydroxyl groups excluding tert-OH is 1. The van der Waals surface area contributed by atoms with Crippen molar-refractivity contribution in [3.05, 3.63) is 0 Å². The second-order valence-electron chi connectivity index (χ2n) is 6.42. The van der Waals surface area contributed by atoms with E-state index in [1.54, 1.807) is 0 Å². The van der Waals surface area contributed by atoms with Gasteiger partial charge in [0.2, 0.25) is 0 Å². The van der Waals surface area contributed by atoms with Crippen LogP contribution in [0.5, 0.6) is 0 Å². The Morgan fingerprint density at radius 3 is 1.82 bits per heavy atom. The molecule has 0 aliphatic rings. The van der Waals surface area contributed by atoms with Crippen LogP contribution >= 0.6 is 0 Å². The fourth-order valence-corrected chi connectivity index (χ4v) is 3.65. The fraction of sp³-hybridized carbons (Fsp3) is 1.00. The van der Waals surface area contributed by atoms with Crippen molar-refractivity contribution < 1.29 is 18.1 Å². The molecule has 0 aromatic rings. The van der Waals surface area contributed by atoms with Crippen LogP contribution in [-0.2, 0) is 10.1 Å². The third kappa shape index (κ3) is 12.4. The third-order valence-corrected chi connectivity index (χ3v) is 5.58. The molecule has 2 unspecified atom stereocenters. The minimum atomic E-state index is -3.99. The molecular formula is C17H36O4S. The van der Waals surface area contributed by atoms with E-state index in [-0.39, 0.29) is 0 Å². The van der Waals surface area contributed by atoms with E-state index in [1.807, 2.05) is 0 Å². The van der Waals surface area contributed by atoms with E-state index in [0.29, 0.717) is 19.3 Å². The van der Waals surface area contributed by atoms with Crippen LogP contribution in [0.15, 0.2) is 0 Å². The molecule has 4 nitrogen and oxygen atoms in total. The number of hydrogen-bond acceptors (Lipinski definition) is 3. The number of aliphatic hydroxyl groups is 1. The van der Waals surface area contributed by atoms with Crippen molar-refractivity contribution in [3.63, 3.8) is 0 Å². The van der Waals surface area contributed by atoms with Gasteiger partial charge in [-0.15, -0.1) is 0 Å². The standard InChI is InChI=1S/C17H36O4S/c1-3-5-7-8-9-11-13-17(22(19,20)21)15-14-16(18)12-10-6-4-2/h16-18H,3-15H2,1-2H3,(H,19,20,21). The van der Waals surface area contributed by atoms with Gasteiger partial charge in [0.25, 0.3) is 10.1 Å². The van der Waals surface area contributed by atoms with Gasteiger partial charge in [-0.2, -0.15) is 8.42 Å². The Morgan fingerprint density at radius 2 is 1.23 bits per heavy atom. The largest absolute Gasteiger partial charge is 0.393 e. The minimum absolute atomic E-state index is 0.362. The summed E-state index contributed by atoms with van der Waals surface area (Å²) in [6.45, 7) is 4.28. The van der Waals surface area contributed by atoms with Crippen LogP contribution in [0.4, 0.5) is 0 Å².